The third kappa shape index (κ3) is 2.54. The van der Waals surface area contributed by atoms with Crippen LogP contribution in [0.25, 0.3) is 10.8 Å². The normalized spacial score (nSPS) is 15.7. The van der Waals surface area contributed by atoms with Crippen molar-refractivity contribution in [2.45, 2.75) is 0 Å². The number of rotatable bonds is 1. The van der Waals surface area contributed by atoms with Crippen LogP contribution in [0.5, 0.6) is 5.75 Å². The highest BCUT2D eigenvalue weighted by molar-refractivity contribution is 7.99. The van der Waals surface area contributed by atoms with E-state index in [2.05, 4.69) is 0 Å². The molecule has 1 heterocycles. The number of carbonyl (C=O) groups excluding carboxylic acids is 1. The Bertz CT molecular complexity index is 621. The van der Waals surface area contributed by atoms with Crippen LogP contribution in [0.3, 0.4) is 0 Å². The molecule has 3 rings (SSSR count). The van der Waals surface area contributed by atoms with E-state index in [1.54, 1.807) is 12.1 Å². The van der Waals surface area contributed by atoms with Gasteiger partial charge in [0.25, 0.3) is 5.91 Å². The number of phenolic OH excluding ortho intramolecular Hbond substituents is 1. The van der Waals surface area contributed by atoms with Crippen molar-refractivity contribution in [3.8, 4) is 5.75 Å². The Morgan fingerprint density at radius 3 is 2.53 bits per heavy atom. The first-order chi connectivity index (χ1) is 9.24. The van der Waals surface area contributed by atoms with Crippen molar-refractivity contribution in [1.29, 1.82) is 0 Å². The van der Waals surface area contributed by atoms with Gasteiger partial charge in [-0.05, 0) is 35.0 Å². The third-order valence-electron chi connectivity index (χ3n) is 3.37. The topological polar surface area (TPSA) is 40.5 Å². The molecular formula is C15H15NO2S. The SMILES string of the molecule is O=C(c1ccc2cc(O)ccc2c1)N1CCSCC1. The Labute approximate surface area is 116 Å². The first-order valence-corrected chi connectivity index (χ1v) is 7.49. The van der Waals surface area contributed by atoms with Gasteiger partial charge in [0.2, 0.25) is 0 Å². The molecule has 0 unspecified atom stereocenters. The molecule has 0 saturated carbocycles. The number of nitrogens with zero attached hydrogens (tertiary/aromatic N) is 1. The van der Waals surface area contributed by atoms with Gasteiger partial charge in [0.1, 0.15) is 5.75 Å². The van der Waals surface area contributed by atoms with Crippen LogP contribution in [0.15, 0.2) is 36.4 Å². The second-order valence-corrected chi connectivity index (χ2v) is 5.88. The van der Waals surface area contributed by atoms with Gasteiger partial charge >= 0.3 is 0 Å². The van der Waals surface area contributed by atoms with Crippen LogP contribution in [0.4, 0.5) is 0 Å². The van der Waals surface area contributed by atoms with E-state index in [0.717, 1.165) is 40.9 Å². The molecule has 0 spiro atoms. The molecular weight excluding hydrogens is 258 g/mol. The van der Waals surface area contributed by atoms with E-state index in [-0.39, 0.29) is 11.7 Å². The van der Waals surface area contributed by atoms with Crippen LogP contribution in [-0.2, 0) is 0 Å². The van der Waals surface area contributed by atoms with Gasteiger partial charge in [0.15, 0.2) is 0 Å². The number of amides is 1. The summed E-state index contributed by atoms with van der Waals surface area (Å²) >= 11 is 1.89. The lowest BCUT2D eigenvalue weighted by molar-refractivity contribution is 0.0772. The number of hydrogen-bond acceptors (Lipinski definition) is 3. The van der Waals surface area contributed by atoms with E-state index in [4.69, 9.17) is 0 Å². The number of thioether (sulfide) groups is 1. The molecule has 1 N–H and O–H groups in total. The Balaban J connectivity index is 1.92. The van der Waals surface area contributed by atoms with Crippen LogP contribution in [0.2, 0.25) is 0 Å². The molecule has 0 aliphatic carbocycles. The second-order valence-electron chi connectivity index (χ2n) is 4.65. The van der Waals surface area contributed by atoms with E-state index >= 15 is 0 Å². The zero-order valence-electron chi connectivity index (χ0n) is 10.5. The van der Waals surface area contributed by atoms with Crippen LogP contribution in [0.1, 0.15) is 10.4 Å². The van der Waals surface area contributed by atoms with E-state index in [1.165, 1.54) is 0 Å². The Hall–Kier alpha value is -1.68. The summed E-state index contributed by atoms with van der Waals surface area (Å²) < 4.78 is 0. The standard InChI is InChI=1S/C15H15NO2S/c17-14-4-3-11-9-13(2-1-12(11)10-14)15(18)16-5-7-19-8-6-16/h1-4,9-10,17H,5-8H2. The summed E-state index contributed by atoms with van der Waals surface area (Å²) in [4.78, 5) is 14.3. The molecule has 0 radical (unpaired) electrons. The molecule has 98 valence electrons. The van der Waals surface area contributed by atoms with Crippen molar-refractivity contribution >= 4 is 28.4 Å². The molecule has 0 atom stereocenters. The molecule has 1 saturated heterocycles. The monoisotopic (exact) mass is 273 g/mol. The highest BCUT2D eigenvalue weighted by Crippen LogP contribution is 2.22. The minimum atomic E-state index is 0.107. The van der Waals surface area contributed by atoms with Crippen molar-refractivity contribution in [2.24, 2.45) is 0 Å². The summed E-state index contributed by atoms with van der Waals surface area (Å²) in [6, 6.07) is 10.8. The summed E-state index contributed by atoms with van der Waals surface area (Å²) in [7, 11) is 0. The summed E-state index contributed by atoms with van der Waals surface area (Å²) in [6.45, 7) is 1.66. The van der Waals surface area contributed by atoms with Crippen molar-refractivity contribution in [1.82, 2.24) is 4.90 Å². The Morgan fingerprint density at radius 1 is 1.05 bits per heavy atom. The molecule has 2 aromatic carbocycles. The van der Waals surface area contributed by atoms with E-state index < -0.39 is 0 Å². The fraction of sp³-hybridized carbons (Fsp3) is 0.267. The van der Waals surface area contributed by atoms with Gasteiger partial charge in [0, 0.05) is 30.2 Å². The predicted octanol–water partition coefficient (Wildman–Crippen LogP) is 2.73. The highest BCUT2D eigenvalue weighted by Gasteiger charge is 2.18. The summed E-state index contributed by atoms with van der Waals surface area (Å²) in [6.07, 6.45) is 0. The summed E-state index contributed by atoms with van der Waals surface area (Å²) in [5.74, 6) is 2.40. The smallest absolute Gasteiger partial charge is 0.253 e. The number of carbonyl (C=O) groups is 1. The molecule has 0 aromatic heterocycles. The van der Waals surface area contributed by atoms with Gasteiger partial charge in [-0.2, -0.15) is 11.8 Å². The van der Waals surface area contributed by atoms with Crippen molar-refractivity contribution in [3.05, 3.63) is 42.0 Å². The maximum atomic E-state index is 12.4. The van der Waals surface area contributed by atoms with Gasteiger partial charge < -0.3 is 10.0 Å². The zero-order valence-corrected chi connectivity index (χ0v) is 11.3. The molecule has 19 heavy (non-hydrogen) atoms. The van der Waals surface area contributed by atoms with Gasteiger partial charge in [0.05, 0.1) is 0 Å². The Morgan fingerprint density at radius 2 is 1.74 bits per heavy atom. The fourth-order valence-corrected chi connectivity index (χ4v) is 3.22. The second kappa shape index (κ2) is 5.13. The average Bonchev–Trinajstić information content (AvgIpc) is 2.47. The summed E-state index contributed by atoms with van der Waals surface area (Å²) in [5.41, 5.74) is 0.727. The molecule has 1 fully saturated rings. The molecule has 4 heteroatoms. The maximum Gasteiger partial charge on any atom is 0.253 e. The lowest BCUT2D eigenvalue weighted by Crippen LogP contribution is -2.37. The number of hydrogen-bond donors (Lipinski definition) is 1. The number of aromatic hydroxyl groups is 1. The van der Waals surface area contributed by atoms with Gasteiger partial charge in [-0.1, -0.05) is 12.1 Å². The van der Waals surface area contributed by atoms with Crippen LogP contribution >= 0.6 is 11.8 Å². The molecule has 1 aliphatic rings. The molecule has 1 amide bonds. The van der Waals surface area contributed by atoms with Crippen LogP contribution in [-0.4, -0.2) is 40.5 Å². The first-order valence-electron chi connectivity index (χ1n) is 6.34. The maximum absolute atomic E-state index is 12.4. The van der Waals surface area contributed by atoms with E-state index in [9.17, 15) is 9.90 Å². The molecule has 2 aromatic rings. The third-order valence-corrected chi connectivity index (χ3v) is 4.31. The summed E-state index contributed by atoms with van der Waals surface area (Å²) in [5, 5.41) is 11.4. The van der Waals surface area contributed by atoms with Gasteiger partial charge in [-0.15, -0.1) is 0 Å². The minimum absolute atomic E-state index is 0.107. The van der Waals surface area contributed by atoms with E-state index in [0.29, 0.717) is 0 Å². The van der Waals surface area contributed by atoms with E-state index in [1.807, 2.05) is 40.9 Å². The van der Waals surface area contributed by atoms with Crippen LogP contribution in [0, 0.1) is 0 Å². The van der Waals surface area contributed by atoms with Gasteiger partial charge in [-0.3, -0.25) is 4.79 Å². The van der Waals surface area contributed by atoms with Gasteiger partial charge in [-0.25, -0.2) is 0 Å². The van der Waals surface area contributed by atoms with Crippen molar-refractivity contribution < 1.29 is 9.90 Å². The van der Waals surface area contributed by atoms with Crippen LogP contribution < -0.4 is 0 Å². The molecule has 0 bridgehead atoms. The molecule has 1 aliphatic heterocycles. The lowest BCUT2D eigenvalue weighted by Gasteiger charge is -2.26. The van der Waals surface area contributed by atoms with Crippen molar-refractivity contribution in [3.63, 3.8) is 0 Å². The zero-order chi connectivity index (χ0) is 13.2. The minimum Gasteiger partial charge on any atom is -0.508 e. The number of phenols is 1. The number of benzene rings is 2. The predicted molar refractivity (Wildman–Crippen MR) is 78.8 cm³/mol. The Kier molecular flexibility index (Phi) is 3.34. The fourth-order valence-electron chi connectivity index (χ4n) is 2.32. The quantitative estimate of drug-likeness (QED) is 0.868. The molecule has 3 nitrogen and oxygen atoms in total. The number of fused-ring (bicyclic) bond motifs is 1. The average molecular weight is 273 g/mol. The largest absolute Gasteiger partial charge is 0.508 e. The first kappa shape index (κ1) is 12.4. The lowest BCUT2D eigenvalue weighted by atomic mass is 10.1. The highest BCUT2D eigenvalue weighted by atomic mass is 32.2. The van der Waals surface area contributed by atoms with Crippen molar-refractivity contribution in [2.75, 3.05) is 24.6 Å².